The highest BCUT2D eigenvalue weighted by molar-refractivity contribution is 7.93. The molecule has 1 aromatic heterocycles. The van der Waals surface area contributed by atoms with E-state index in [-0.39, 0.29) is 12.2 Å². The Morgan fingerprint density at radius 3 is 2.58 bits per heavy atom. The number of carbonyl (C=O) groups excluding carboxylic acids is 1. The minimum atomic E-state index is -3.47. The molecule has 0 unspecified atom stereocenters. The van der Waals surface area contributed by atoms with E-state index < -0.39 is 26.5 Å². The first-order chi connectivity index (χ1) is 12.2. The number of nitrogens with zero attached hydrogens (tertiary/aromatic N) is 2. The number of aromatic nitrogens is 2. The standard InChI is InChI=1S/C17H19N3O5S/c1-26(24,25)17(7-3-8-17)16(23)18-11-12-4-2-5-13(10-12)20-9-6-14(19-20)15(21)22/h2,4-6,9-10H,3,7-8,11H2,1H3,(H,18,23)(H,21,22). The van der Waals surface area contributed by atoms with E-state index in [1.54, 1.807) is 24.3 Å². The first kappa shape index (κ1) is 18.1. The van der Waals surface area contributed by atoms with Gasteiger partial charge in [-0.05, 0) is 43.0 Å². The van der Waals surface area contributed by atoms with Crippen LogP contribution < -0.4 is 5.32 Å². The SMILES string of the molecule is CS(=O)(=O)C1(C(=O)NCc2cccc(-n3ccc(C(=O)O)n3)c2)CCC1. The Labute approximate surface area is 150 Å². The Morgan fingerprint density at radius 2 is 2.04 bits per heavy atom. The van der Waals surface area contributed by atoms with E-state index in [1.165, 1.54) is 16.9 Å². The van der Waals surface area contributed by atoms with Gasteiger partial charge in [-0.3, -0.25) is 4.79 Å². The third-order valence-corrected chi connectivity index (χ3v) is 6.73. The molecule has 1 heterocycles. The number of benzene rings is 1. The third-order valence-electron chi connectivity index (χ3n) is 4.72. The van der Waals surface area contributed by atoms with Crippen molar-refractivity contribution in [3.8, 4) is 5.69 Å². The van der Waals surface area contributed by atoms with Gasteiger partial charge in [0.1, 0.15) is 4.75 Å². The lowest BCUT2D eigenvalue weighted by atomic mass is 9.83. The molecule has 0 saturated heterocycles. The molecule has 0 atom stereocenters. The highest BCUT2D eigenvalue weighted by Gasteiger charge is 2.52. The molecular formula is C17H19N3O5S. The van der Waals surface area contributed by atoms with Gasteiger partial charge in [0.25, 0.3) is 0 Å². The number of carboxylic acids is 1. The van der Waals surface area contributed by atoms with E-state index in [0.717, 1.165) is 18.2 Å². The zero-order valence-corrected chi connectivity index (χ0v) is 15.0. The van der Waals surface area contributed by atoms with Crippen LogP contribution in [0, 0.1) is 0 Å². The quantitative estimate of drug-likeness (QED) is 0.780. The summed E-state index contributed by atoms with van der Waals surface area (Å²) in [6.07, 6.45) is 4.06. The second-order valence-corrected chi connectivity index (χ2v) is 8.75. The lowest BCUT2D eigenvalue weighted by molar-refractivity contribution is -0.125. The van der Waals surface area contributed by atoms with Crippen molar-refractivity contribution in [2.24, 2.45) is 0 Å². The van der Waals surface area contributed by atoms with Gasteiger partial charge in [0.05, 0.1) is 5.69 Å². The van der Waals surface area contributed by atoms with Gasteiger partial charge in [-0.2, -0.15) is 5.10 Å². The minimum Gasteiger partial charge on any atom is -0.476 e. The fraction of sp³-hybridized carbons (Fsp3) is 0.353. The van der Waals surface area contributed by atoms with Gasteiger partial charge in [0.15, 0.2) is 15.5 Å². The lowest BCUT2D eigenvalue weighted by Gasteiger charge is -2.38. The molecule has 0 spiro atoms. The average molecular weight is 377 g/mol. The van der Waals surface area contributed by atoms with Gasteiger partial charge in [-0.1, -0.05) is 12.1 Å². The van der Waals surface area contributed by atoms with Crippen LogP contribution in [0.3, 0.4) is 0 Å². The maximum atomic E-state index is 12.4. The summed E-state index contributed by atoms with van der Waals surface area (Å²) >= 11 is 0. The Morgan fingerprint density at radius 1 is 1.31 bits per heavy atom. The van der Waals surface area contributed by atoms with Gasteiger partial charge < -0.3 is 10.4 Å². The summed E-state index contributed by atoms with van der Waals surface area (Å²) in [5.41, 5.74) is 1.33. The maximum Gasteiger partial charge on any atom is 0.356 e. The monoisotopic (exact) mass is 377 g/mol. The van der Waals surface area contributed by atoms with Crippen LogP contribution in [0.15, 0.2) is 36.5 Å². The molecular weight excluding hydrogens is 358 g/mol. The predicted molar refractivity (Wildman–Crippen MR) is 93.8 cm³/mol. The Balaban J connectivity index is 1.73. The smallest absolute Gasteiger partial charge is 0.356 e. The predicted octanol–water partition coefficient (Wildman–Crippen LogP) is 1.15. The lowest BCUT2D eigenvalue weighted by Crippen LogP contribution is -2.56. The minimum absolute atomic E-state index is 0.0659. The van der Waals surface area contributed by atoms with Gasteiger partial charge >= 0.3 is 5.97 Å². The molecule has 2 aromatic rings. The second kappa shape index (κ2) is 6.56. The van der Waals surface area contributed by atoms with Gasteiger partial charge in [0, 0.05) is 19.0 Å². The zero-order chi connectivity index (χ0) is 18.9. The number of carbonyl (C=O) groups is 2. The molecule has 1 aromatic carbocycles. The Kier molecular flexibility index (Phi) is 4.57. The van der Waals surface area contributed by atoms with Crippen molar-refractivity contribution in [1.29, 1.82) is 0 Å². The molecule has 1 saturated carbocycles. The van der Waals surface area contributed by atoms with Gasteiger partial charge in [0.2, 0.25) is 5.91 Å². The van der Waals surface area contributed by atoms with E-state index >= 15 is 0 Å². The van der Waals surface area contributed by atoms with Crippen LogP contribution in [0.4, 0.5) is 0 Å². The molecule has 2 N–H and O–H groups in total. The number of aromatic carboxylic acids is 1. The molecule has 3 rings (SSSR count). The number of hydrogen-bond acceptors (Lipinski definition) is 5. The first-order valence-corrected chi connectivity index (χ1v) is 9.98. The summed E-state index contributed by atoms with van der Waals surface area (Å²) in [5, 5.41) is 15.6. The van der Waals surface area contributed by atoms with E-state index in [0.29, 0.717) is 18.5 Å². The highest BCUT2D eigenvalue weighted by atomic mass is 32.2. The highest BCUT2D eigenvalue weighted by Crippen LogP contribution is 2.39. The van der Waals surface area contributed by atoms with Crippen LogP contribution >= 0.6 is 0 Å². The molecule has 1 aliphatic carbocycles. The van der Waals surface area contributed by atoms with Crippen molar-refractivity contribution < 1.29 is 23.1 Å². The van der Waals surface area contributed by atoms with Crippen molar-refractivity contribution in [1.82, 2.24) is 15.1 Å². The number of rotatable bonds is 6. The van der Waals surface area contributed by atoms with Gasteiger partial charge in [-0.25, -0.2) is 17.9 Å². The van der Waals surface area contributed by atoms with Gasteiger partial charge in [-0.15, -0.1) is 0 Å². The summed E-state index contributed by atoms with van der Waals surface area (Å²) in [7, 11) is -3.47. The average Bonchev–Trinajstić information content (AvgIpc) is 3.01. The summed E-state index contributed by atoms with van der Waals surface area (Å²) in [6, 6.07) is 8.46. The number of sulfone groups is 1. The van der Waals surface area contributed by atoms with Crippen molar-refractivity contribution in [2.75, 3.05) is 6.26 Å². The fourth-order valence-corrected chi connectivity index (χ4v) is 4.44. The van der Waals surface area contributed by atoms with Crippen LogP contribution in [-0.2, 0) is 21.2 Å². The largest absolute Gasteiger partial charge is 0.476 e. The Hall–Kier alpha value is -2.68. The summed E-state index contributed by atoms with van der Waals surface area (Å²) < 4.78 is 24.1. The van der Waals surface area contributed by atoms with E-state index in [2.05, 4.69) is 10.4 Å². The Bertz CT molecular complexity index is 960. The molecule has 1 amide bonds. The van der Waals surface area contributed by atoms with Crippen LogP contribution in [0.25, 0.3) is 5.69 Å². The molecule has 9 heteroatoms. The molecule has 1 aliphatic rings. The molecule has 1 fully saturated rings. The summed E-state index contributed by atoms with van der Waals surface area (Å²) in [4.78, 5) is 23.4. The zero-order valence-electron chi connectivity index (χ0n) is 14.2. The van der Waals surface area contributed by atoms with Crippen molar-refractivity contribution in [2.45, 2.75) is 30.6 Å². The van der Waals surface area contributed by atoms with Crippen LogP contribution in [-0.4, -0.2) is 46.2 Å². The van der Waals surface area contributed by atoms with Crippen LogP contribution in [0.5, 0.6) is 0 Å². The van der Waals surface area contributed by atoms with E-state index in [4.69, 9.17) is 5.11 Å². The number of amides is 1. The molecule has 0 aliphatic heterocycles. The third kappa shape index (κ3) is 3.22. The number of hydrogen-bond donors (Lipinski definition) is 2. The van der Waals surface area contributed by atoms with Crippen molar-refractivity contribution in [3.63, 3.8) is 0 Å². The van der Waals surface area contributed by atoms with Crippen molar-refractivity contribution in [3.05, 3.63) is 47.8 Å². The van der Waals surface area contributed by atoms with E-state index in [9.17, 15) is 18.0 Å². The topological polar surface area (TPSA) is 118 Å². The maximum absolute atomic E-state index is 12.4. The van der Waals surface area contributed by atoms with E-state index in [1.807, 2.05) is 0 Å². The summed E-state index contributed by atoms with van der Waals surface area (Å²) in [6.45, 7) is 0.178. The number of nitrogens with one attached hydrogen (secondary N) is 1. The molecule has 26 heavy (non-hydrogen) atoms. The van der Waals surface area contributed by atoms with Crippen LogP contribution in [0.1, 0.15) is 35.3 Å². The summed E-state index contributed by atoms with van der Waals surface area (Å²) in [5.74, 6) is -1.58. The van der Waals surface area contributed by atoms with Crippen LogP contribution in [0.2, 0.25) is 0 Å². The second-order valence-electron chi connectivity index (χ2n) is 6.42. The number of carboxylic acid groups (broad SMARTS) is 1. The molecule has 138 valence electrons. The fourth-order valence-electron chi connectivity index (χ4n) is 3.00. The normalized spacial score (nSPS) is 15.9. The molecule has 0 radical (unpaired) electrons. The molecule has 0 bridgehead atoms. The van der Waals surface area contributed by atoms with Crippen molar-refractivity contribution >= 4 is 21.7 Å². The first-order valence-electron chi connectivity index (χ1n) is 8.09. The molecule has 8 nitrogen and oxygen atoms in total.